The maximum atomic E-state index is 12.9. The van der Waals surface area contributed by atoms with Crippen LogP contribution in [-0.4, -0.2) is 24.6 Å². The number of halogens is 1. The van der Waals surface area contributed by atoms with Gasteiger partial charge in [-0.15, -0.1) is 0 Å². The van der Waals surface area contributed by atoms with Crippen molar-refractivity contribution in [1.29, 1.82) is 0 Å². The first-order chi connectivity index (χ1) is 12.9. The molecule has 5 rings (SSSR count). The van der Waals surface area contributed by atoms with Crippen molar-refractivity contribution in [3.8, 4) is 0 Å². The highest BCUT2D eigenvalue weighted by Gasteiger charge is 2.79. The Morgan fingerprint density at radius 3 is 2.59 bits per heavy atom. The van der Waals surface area contributed by atoms with E-state index in [1.807, 2.05) is 24.3 Å². The van der Waals surface area contributed by atoms with Crippen molar-refractivity contribution in [2.24, 2.45) is 29.1 Å². The van der Waals surface area contributed by atoms with Gasteiger partial charge >= 0.3 is 6.09 Å². The molecule has 0 bridgehead atoms. The molecule has 2 saturated carbocycles. The van der Waals surface area contributed by atoms with Crippen molar-refractivity contribution in [3.63, 3.8) is 0 Å². The molecule has 0 aromatic heterocycles. The lowest BCUT2D eigenvalue weighted by Crippen LogP contribution is -2.77. The molecule has 3 fully saturated rings. The molecule has 6 unspecified atom stereocenters. The molecule has 0 spiro atoms. The van der Waals surface area contributed by atoms with Crippen molar-refractivity contribution in [2.75, 3.05) is 6.54 Å². The summed E-state index contributed by atoms with van der Waals surface area (Å²) < 4.78 is 5.10. The summed E-state index contributed by atoms with van der Waals surface area (Å²) >= 11 is 6.09. The summed E-state index contributed by atoms with van der Waals surface area (Å²) in [6, 6.07) is 7.62. The lowest BCUT2D eigenvalue weighted by molar-refractivity contribution is -0.225. The highest BCUT2D eigenvalue weighted by atomic mass is 35.5. The van der Waals surface area contributed by atoms with Gasteiger partial charge in [0.1, 0.15) is 0 Å². The molecule has 27 heavy (non-hydrogen) atoms. The molecule has 5 nitrogen and oxygen atoms in total. The van der Waals surface area contributed by atoms with Gasteiger partial charge in [0.05, 0.1) is 12.6 Å². The molecule has 3 aliphatic carbocycles. The van der Waals surface area contributed by atoms with Gasteiger partial charge in [0.25, 0.3) is 5.91 Å². The number of carbonyl (C=O) groups is 2. The fourth-order valence-corrected chi connectivity index (χ4v) is 6.69. The fourth-order valence-electron chi connectivity index (χ4n) is 6.57. The molecule has 1 saturated heterocycles. The Morgan fingerprint density at radius 1 is 1.33 bits per heavy atom. The summed E-state index contributed by atoms with van der Waals surface area (Å²) in [5, 5.41) is 6.46. The molecule has 142 valence electrons. The first kappa shape index (κ1) is 17.1. The van der Waals surface area contributed by atoms with Crippen LogP contribution in [0.2, 0.25) is 5.02 Å². The van der Waals surface area contributed by atoms with E-state index in [1.165, 1.54) is 0 Å². The van der Waals surface area contributed by atoms with Crippen LogP contribution in [0, 0.1) is 29.1 Å². The van der Waals surface area contributed by atoms with Crippen LogP contribution in [0.1, 0.15) is 32.4 Å². The number of ether oxygens (including phenoxy) is 1. The second-order valence-electron chi connectivity index (χ2n) is 8.42. The quantitative estimate of drug-likeness (QED) is 0.779. The van der Waals surface area contributed by atoms with Crippen LogP contribution >= 0.6 is 11.6 Å². The van der Waals surface area contributed by atoms with Crippen LogP contribution in [0.5, 0.6) is 0 Å². The second-order valence-corrected chi connectivity index (χ2v) is 8.86. The zero-order valence-electron chi connectivity index (χ0n) is 15.6. The smallest absolute Gasteiger partial charge is 0.408 e. The number of hydrogen-bond donors (Lipinski definition) is 2. The Bertz CT molecular complexity index is 880. The van der Waals surface area contributed by atoms with Gasteiger partial charge in [-0.2, -0.15) is 0 Å². The minimum atomic E-state index is -0.775. The molecule has 2 N–H and O–H groups in total. The van der Waals surface area contributed by atoms with Gasteiger partial charge in [-0.05, 0) is 48.3 Å². The molecule has 1 aliphatic heterocycles. The molecule has 0 radical (unpaired) electrons. The Hall–Kier alpha value is -2.01. The van der Waals surface area contributed by atoms with E-state index < -0.39 is 12.2 Å². The first-order valence-electron chi connectivity index (χ1n) is 9.58. The summed E-state index contributed by atoms with van der Waals surface area (Å²) in [6.45, 7) is 7.06. The summed E-state index contributed by atoms with van der Waals surface area (Å²) in [5.41, 5.74) is 4.22. The number of carbonyl (C=O) groups excluding carboxylic acids is 2. The van der Waals surface area contributed by atoms with E-state index in [-0.39, 0.29) is 23.9 Å². The molecular formula is C21H23ClN2O3. The third-order valence-corrected chi connectivity index (χ3v) is 7.95. The number of hydrogen-bond acceptors (Lipinski definition) is 3. The molecule has 1 aromatic carbocycles. The lowest BCUT2D eigenvalue weighted by atomic mass is 9.23. The fraction of sp³-hybridized carbons (Fsp3) is 0.524. The molecule has 7 atom stereocenters. The predicted molar refractivity (Wildman–Crippen MR) is 101 cm³/mol. The molecule has 2 amide bonds. The maximum absolute atomic E-state index is 12.9. The van der Waals surface area contributed by atoms with Crippen molar-refractivity contribution in [3.05, 3.63) is 46.0 Å². The van der Waals surface area contributed by atoms with Crippen LogP contribution in [0.3, 0.4) is 0 Å². The first-order valence-corrected chi connectivity index (χ1v) is 9.96. The number of benzene rings is 1. The average Bonchev–Trinajstić information content (AvgIpc) is 3.06. The van der Waals surface area contributed by atoms with Gasteiger partial charge in [0.2, 0.25) is 0 Å². The van der Waals surface area contributed by atoms with Crippen LogP contribution < -0.4 is 10.6 Å². The van der Waals surface area contributed by atoms with Gasteiger partial charge < -0.3 is 15.4 Å². The molecule has 1 heterocycles. The van der Waals surface area contributed by atoms with Gasteiger partial charge in [-0.3, -0.25) is 4.79 Å². The van der Waals surface area contributed by atoms with Crippen LogP contribution in [0.4, 0.5) is 4.79 Å². The number of amides is 2. The van der Waals surface area contributed by atoms with Crippen LogP contribution in [0.15, 0.2) is 35.4 Å². The normalized spacial score (nSPS) is 39.3. The van der Waals surface area contributed by atoms with Gasteiger partial charge in [0, 0.05) is 10.4 Å². The van der Waals surface area contributed by atoms with E-state index in [9.17, 15) is 9.59 Å². The monoisotopic (exact) mass is 386 g/mol. The van der Waals surface area contributed by atoms with Crippen molar-refractivity contribution in [2.45, 2.75) is 32.9 Å². The van der Waals surface area contributed by atoms with Gasteiger partial charge in [-0.1, -0.05) is 48.7 Å². The molecule has 6 heteroatoms. The third-order valence-electron chi connectivity index (χ3n) is 7.70. The Balaban J connectivity index is 1.50. The molecular weight excluding hydrogens is 364 g/mol. The van der Waals surface area contributed by atoms with Crippen LogP contribution in [-0.2, 0) is 9.53 Å². The van der Waals surface area contributed by atoms with Gasteiger partial charge in [-0.25, -0.2) is 4.79 Å². The highest BCUT2D eigenvalue weighted by molar-refractivity contribution is 6.30. The summed E-state index contributed by atoms with van der Waals surface area (Å²) in [4.78, 5) is 24.2. The minimum Gasteiger partial charge on any atom is -0.434 e. The van der Waals surface area contributed by atoms with E-state index in [1.54, 1.807) is 11.1 Å². The number of nitrogens with one attached hydrogen (secondary N) is 2. The molecule has 1 aromatic rings. The average molecular weight is 387 g/mol. The van der Waals surface area contributed by atoms with E-state index in [4.69, 9.17) is 16.3 Å². The summed E-state index contributed by atoms with van der Waals surface area (Å²) in [7, 11) is 0. The Labute approximate surface area is 163 Å². The Morgan fingerprint density at radius 2 is 2.04 bits per heavy atom. The van der Waals surface area contributed by atoms with Crippen molar-refractivity contribution < 1.29 is 14.3 Å². The number of rotatable bonds is 4. The largest absolute Gasteiger partial charge is 0.434 e. The molecule has 4 aliphatic rings. The third kappa shape index (κ3) is 1.96. The standard InChI is InChI=1S/C21H23ClN2O3/c1-9-15-10(2)21(11(3)16(9)17(15)21)18(12-4-6-13(22)7-5-12)24-19(25)14-8-23-20(26)27-14/h4-7,10-11,14-15,17-18H,8H2,1-3H3,(H,23,26)(H,24,25)/t10?,11?,14-,15?,17?,18?,21?/m0/s1. The SMILES string of the molecule is CC1=C2C(C)C3(C(NC(=O)[C@@H]4CNC(=O)O4)c4ccc(Cl)cc4)C(C)C1C23. The van der Waals surface area contributed by atoms with Crippen LogP contribution in [0.25, 0.3) is 0 Å². The summed E-state index contributed by atoms with van der Waals surface area (Å²) in [5.74, 6) is 1.91. The predicted octanol–water partition coefficient (Wildman–Crippen LogP) is 3.45. The lowest BCUT2D eigenvalue weighted by Gasteiger charge is -2.81. The highest BCUT2D eigenvalue weighted by Crippen LogP contribution is 2.84. The number of alkyl carbamates (subject to hydrolysis) is 1. The van der Waals surface area contributed by atoms with E-state index >= 15 is 0 Å². The second kappa shape index (κ2) is 5.51. The van der Waals surface area contributed by atoms with E-state index in [0.717, 1.165) is 5.56 Å². The van der Waals surface area contributed by atoms with E-state index in [0.29, 0.717) is 28.7 Å². The van der Waals surface area contributed by atoms with Gasteiger partial charge in [0.15, 0.2) is 6.10 Å². The zero-order valence-corrected chi connectivity index (χ0v) is 16.3. The van der Waals surface area contributed by atoms with Crippen molar-refractivity contribution >= 4 is 23.6 Å². The zero-order chi connectivity index (χ0) is 19.1. The summed E-state index contributed by atoms with van der Waals surface area (Å²) in [6.07, 6.45) is -1.31. The topological polar surface area (TPSA) is 67.4 Å². The van der Waals surface area contributed by atoms with E-state index in [2.05, 4.69) is 31.4 Å². The van der Waals surface area contributed by atoms with Crippen molar-refractivity contribution in [1.82, 2.24) is 10.6 Å². The minimum absolute atomic E-state index is 0.0268. The number of cyclic esters (lactones) is 1. The Kier molecular flexibility index (Phi) is 3.49. The maximum Gasteiger partial charge on any atom is 0.408 e. The number of allylic oxidation sites excluding steroid dienone is 2.